The molecule has 3 fully saturated rings. The van der Waals surface area contributed by atoms with E-state index in [4.69, 9.17) is 0 Å². The summed E-state index contributed by atoms with van der Waals surface area (Å²) in [6.07, 6.45) is 8.98. The van der Waals surface area contributed by atoms with Crippen molar-refractivity contribution in [2.75, 3.05) is 18.8 Å². The molecular weight excluding hydrogens is 178 g/mol. The fourth-order valence-corrected chi connectivity index (χ4v) is 5.41. The van der Waals surface area contributed by atoms with Gasteiger partial charge in [-0.1, -0.05) is 12.8 Å². The Morgan fingerprint density at radius 3 is 3.00 bits per heavy atom. The van der Waals surface area contributed by atoms with Crippen LogP contribution in [0.4, 0.5) is 0 Å². The molecule has 0 aromatic heterocycles. The van der Waals surface area contributed by atoms with Crippen molar-refractivity contribution in [3.63, 3.8) is 0 Å². The number of hydrogen-bond acceptors (Lipinski definition) is 2. The second-order valence-electron chi connectivity index (χ2n) is 4.77. The summed E-state index contributed by atoms with van der Waals surface area (Å²) < 4.78 is 0. The summed E-state index contributed by atoms with van der Waals surface area (Å²) in [6, 6.07) is 0. The molecule has 0 radical (unpaired) electrons. The van der Waals surface area contributed by atoms with Gasteiger partial charge in [0.2, 0.25) is 0 Å². The van der Waals surface area contributed by atoms with Gasteiger partial charge in [-0.2, -0.15) is 0 Å². The van der Waals surface area contributed by atoms with Crippen LogP contribution in [0.3, 0.4) is 0 Å². The minimum Gasteiger partial charge on any atom is -0.288 e. The van der Waals surface area contributed by atoms with Crippen molar-refractivity contribution in [2.24, 2.45) is 5.92 Å². The second kappa shape index (κ2) is 3.16. The smallest absolute Gasteiger partial charge is 0.0699 e. The summed E-state index contributed by atoms with van der Waals surface area (Å²) in [5.41, 5.74) is 0. The highest BCUT2D eigenvalue weighted by Gasteiger charge is 2.50. The van der Waals surface area contributed by atoms with Crippen LogP contribution < -0.4 is 0 Å². The van der Waals surface area contributed by atoms with Crippen LogP contribution >= 0.6 is 11.8 Å². The van der Waals surface area contributed by atoms with Crippen molar-refractivity contribution in [1.29, 1.82) is 0 Å². The quantitative estimate of drug-likeness (QED) is 0.587. The number of hydrogen-bond donors (Lipinski definition) is 0. The Morgan fingerprint density at radius 1 is 1.08 bits per heavy atom. The van der Waals surface area contributed by atoms with Crippen LogP contribution in [0.15, 0.2) is 0 Å². The molecule has 0 aromatic rings. The van der Waals surface area contributed by atoms with E-state index in [0.29, 0.717) is 4.87 Å². The van der Waals surface area contributed by atoms with Gasteiger partial charge in [0.25, 0.3) is 0 Å². The predicted molar refractivity (Wildman–Crippen MR) is 58.0 cm³/mol. The van der Waals surface area contributed by atoms with Crippen LogP contribution in [0.2, 0.25) is 0 Å². The fourth-order valence-electron chi connectivity index (χ4n) is 3.62. The number of rotatable bonds is 0. The minimum absolute atomic E-state index is 0.635. The summed E-state index contributed by atoms with van der Waals surface area (Å²) in [7, 11) is 0. The highest BCUT2D eigenvalue weighted by molar-refractivity contribution is 8.00. The van der Waals surface area contributed by atoms with E-state index in [0.717, 1.165) is 5.92 Å². The predicted octanol–water partition coefficient (Wildman–Crippen LogP) is 2.72. The lowest BCUT2D eigenvalue weighted by Crippen LogP contribution is -2.52. The molecule has 74 valence electrons. The maximum absolute atomic E-state index is 2.81. The van der Waals surface area contributed by atoms with Gasteiger partial charge in [0.15, 0.2) is 0 Å². The number of piperidine rings is 1. The average Bonchev–Trinajstić information content (AvgIpc) is 2.58. The molecule has 3 aliphatic rings. The molecule has 2 atom stereocenters. The lowest BCUT2D eigenvalue weighted by Gasteiger charge is -2.50. The molecule has 1 saturated carbocycles. The zero-order chi connectivity index (χ0) is 8.73. The molecule has 3 rings (SSSR count). The van der Waals surface area contributed by atoms with Crippen LogP contribution in [-0.4, -0.2) is 28.6 Å². The molecule has 1 spiro atoms. The first-order chi connectivity index (χ1) is 6.42. The van der Waals surface area contributed by atoms with Gasteiger partial charge < -0.3 is 0 Å². The highest BCUT2D eigenvalue weighted by atomic mass is 32.2. The van der Waals surface area contributed by atoms with E-state index in [2.05, 4.69) is 16.7 Å². The Balaban J connectivity index is 1.89. The van der Waals surface area contributed by atoms with Crippen LogP contribution in [0.5, 0.6) is 0 Å². The fraction of sp³-hybridized carbons (Fsp3) is 1.00. The van der Waals surface area contributed by atoms with Gasteiger partial charge in [0.05, 0.1) is 4.87 Å². The topological polar surface area (TPSA) is 3.24 Å². The Bertz CT molecular complexity index is 204. The Kier molecular flexibility index (Phi) is 2.09. The molecule has 2 unspecified atom stereocenters. The van der Waals surface area contributed by atoms with Crippen LogP contribution in [0, 0.1) is 5.92 Å². The average molecular weight is 197 g/mol. The first-order valence-corrected chi connectivity index (χ1v) is 6.79. The van der Waals surface area contributed by atoms with Gasteiger partial charge in [-0.05, 0) is 38.1 Å². The van der Waals surface area contributed by atoms with E-state index >= 15 is 0 Å². The number of thioether (sulfide) groups is 1. The van der Waals surface area contributed by atoms with E-state index in [9.17, 15) is 0 Å². The maximum atomic E-state index is 2.81. The minimum atomic E-state index is 0.635. The van der Waals surface area contributed by atoms with Gasteiger partial charge >= 0.3 is 0 Å². The Morgan fingerprint density at radius 2 is 2.00 bits per heavy atom. The highest BCUT2D eigenvalue weighted by Crippen LogP contribution is 2.53. The molecule has 2 heterocycles. The largest absolute Gasteiger partial charge is 0.288 e. The molecule has 2 heteroatoms. The summed E-state index contributed by atoms with van der Waals surface area (Å²) in [5, 5.41) is 0. The molecule has 2 aliphatic heterocycles. The van der Waals surface area contributed by atoms with E-state index in [1.165, 1.54) is 57.4 Å². The van der Waals surface area contributed by atoms with E-state index < -0.39 is 0 Å². The van der Waals surface area contributed by atoms with Gasteiger partial charge in [-0.15, -0.1) is 11.8 Å². The standard InChI is InChI=1S/C11H19NS/c1-2-6-11-10(4-1)5-3-7-12(11)8-9-13-11/h10H,1-9H2. The maximum Gasteiger partial charge on any atom is 0.0699 e. The summed E-state index contributed by atoms with van der Waals surface area (Å²) in [5.74, 6) is 2.44. The third kappa shape index (κ3) is 1.18. The third-order valence-corrected chi connectivity index (χ3v) is 5.89. The molecule has 0 amide bonds. The van der Waals surface area contributed by atoms with Crippen molar-refractivity contribution in [3.8, 4) is 0 Å². The molecule has 0 bridgehead atoms. The second-order valence-corrected chi connectivity index (χ2v) is 6.17. The lowest BCUT2D eigenvalue weighted by molar-refractivity contribution is 0.0500. The summed E-state index contributed by atoms with van der Waals surface area (Å²) >= 11 is 2.28. The lowest BCUT2D eigenvalue weighted by atomic mass is 9.78. The van der Waals surface area contributed by atoms with Crippen molar-refractivity contribution in [2.45, 2.75) is 43.4 Å². The Hall–Kier alpha value is 0.310. The molecule has 1 aliphatic carbocycles. The van der Waals surface area contributed by atoms with Crippen molar-refractivity contribution in [1.82, 2.24) is 4.90 Å². The van der Waals surface area contributed by atoms with Gasteiger partial charge in [-0.25, -0.2) is 0 Å². The molecule has 1 nitrogen and oxygen atoms in total. The monoisotopic (exact) mass is 197 g/mol. The molecule has 2 saturated heterocycles. The molecule has 13 heavy (non-hydrogen) atoms. The van der Waals surface area contributed by atoms with E-state index in [-0.39, 0.29) is 0 Å². The van der Waals surface area contributed by atoms with Gasteiger partial charge in [0.1, 0.15) is 0 Å². The van der Waals surface area contributed by atoms with Crippen molar-refractivity contribution < 1.29 is 0 Å². The molecule has 0 aromatic carbocycles. The van der Waals surface area contributed by atoms with Crippen molar-refractivity contribution >= 4 is 11.8 Å². The molecular formula is C11H19NS. The van der Waals surface area contributed by atoms with Gasteiger partial charge in [-0.3, -0.25) is 4.90 Å². The van der Waals surface area contributed by atoms with Gasteiger partial charge in [0, 0.05) is 12.3 Å². The summed E-state index contributed by atoms with van der Waals surface area (Å²) in [4.78, 5) is 3.45. The first-order valence-electron chi connectivity index (χ1n) is 5.81. The SMILES string of the molecule is C1CCC23SCCN2CCCC3C1. The van der Waals surface area contributed by atoms with E-state index in [1.807, 2.05) is 0 Å². The van der Waals surface area contributed by atoms with Crippen molar-refractivity contribution in [3.05, 3.63) is 0 Å². The normalized spacial score (nSPS) is 45.7. The third-order valence-electron chi connectivity index (χ3n) is 4.20. The zero-order valence-electron chi connectivity index (χ0n) is 8.30. The number of nitrogens with zero attached hydrogens (tertiary/aromatic N) is 1. The van der Waals surface area contributed by atoms with Crippen LogP contribution in [-0.2, 0) is 0 Å². The Labute approximate surface area is 85.3 Å². The van der Waals surface area contributed by atoms with Crippen LogP contribution in [0.25, 0.3) is 0 Å². The summed E-state index contributed by atoms with van der Waals surface area (Å²) in [6.45, 7) is 2.77. The zero-order valence-corrected chi connectivity index (χ0v) is 9.11. The van der Waals surface area contributed by atoms with Crippen LogP contribution in [0.1, 0.15) is 38.5 Å². The molecule has 0 N–H and O–H groups in total. The first kappa shape index (κ1) is 8.60. The van der Waals surface area contributed by atoms with E-state index in [1.54, 1.807) is 0 Å².